The molecule has 0 saturated carbocycles. The van der Waals surface area contributed by atoms with E-state index < -0.39 is 0 Å². The minimum Gasteiger partial charge on any atom is -0.123 e. The molecule has 0 saturated heterocycles. The van der Waals surface area contributed by atoms with Crippen LogP contribution in [-0.4, -0.2) is 5.38 Å². The van der Waals surface area contributed by atoms with Crippen LogP contribution < -0.4 is 0 Å². The number of rotatable bonds is 5. The first kappa shape index (κ1) is 14.4. The highest BCUT2D eigenvalue weighted by molar-refractivity contribution is 6.31. The molecule has 100 valence electrons. The molecule has 2 rings (SSSR count). The summed E-state index contributed by atoms with van der Waals surface area (Å²) in [6.45, 7) is 2.15. The van der Waals surface area contributed by atoms with Crippen LogP contribution in [0.1, 0.15) is 23.1 Å². The highest BCUT2D eigenvalue weighted by Gasteiger charge is 2.09. The van der Waals surface area contributed by atoms with Crippen LogP contribution in [0.4, 0.5) is 0 Å². The average Bonchev–Trinajstić information content (AvgIpc) is 2.40. The Balaban J connectivity index is 1.90. The summed E-state index contributed by atoms with van der Waals surface area (Å²) in [4.78, 5) is 0. The van der Waals surface area contributed by atoms with E-state index in [1.807, 2.05) is 24.3 Å². The normalized spacial score (nSPS) is 12.4. The van der Waals surface area contributed by atoms with Gasteiger partial charge in [-0.15, -0.1) is 11.6 Å². The minimum atomic E-state index is 0.125. The zero-order chi connectivity index (χ0) is 13.7. The molecule has 1 atom stereocenters. The SMILES string of the molecule is Cc1ccccc1CCC(Cl)Cc1ccccc1Cl. The smallest absolute Gasteiger partial charge is 0.0438 e. The van der Waals surface area contributed by atoms with Gasteiger partial charge in [-0.05, 0) is 48.9 Å². The van der Waals surface area contributed by atoms with Gasteiger partial charge in [-0.25, -0.2) is 0 Å². The zero-order valence-corrected chi connectivity index (χ0v) is 12.6. The van der Waals surface area contributed by atoms with Crippen LogP contribution in [0.3, 0.4) is 0 Å². The van der Waals surface area contributed by atoms with E-state index in [1.54, 1.807) is 0 Å². The summed E-state index contributed by atoms with van der Waals surface area (Å²) in [7, 11) is 0. The van der Waals surface area contributed by atoms with Crippen molar-refractivity contribution in [3.8, 4) is 0 Å². The topological polar surface area (TPSA) is 0 Å². The number of halogens is 2. The van der Waals surface area contributed by atoms with Gasteiger partial charge in [-0.2, -0.15) is 0 Å². The van der Waals surface area contributed by atoms with Gasteiger partial charge in [0.1, 0.15) is 0 Å². The molecule has 19 heavy (non-hydrogen) atoms. The molecule has 2 aromatic rings. The maximum atomic E-state index is 6.43. The Bertz CT molecular complexity index is 534. The van der Waals surface area contributed by atoms with Gasteiger partial charge in [-0.1, -0.05) is 54.1 Å². The lowest BCUT2D eigenvalue weighted by Gasteiger charge is -2.12. The zero-order valence-electron chi connectivity index (χ0n) is 11.1. The number of alkyl halides is 1. The summed E-state index contributed by atoms with van der Waals surface area (Å²) in [6, 6.07) is 16.4. The molecule has 2 aromatic carbocycles. The third-order valence-electron chi connectivity index (χ3n) is 3.39. The molecular weight excluding hydrogens is 275 g/mol. The van der Waals surface area contributed by atoms with Gasteiger partial charge in [0.2, 0.25) is 0 Å². The van der Waals surface area contributed by atoms with Crippen molar-refractivity contribution in [1.29, 1.82) is 0 Å². The van der Waals surface area contributed by atoms with E-state index in [-0.39, 0.29) is 5.38 Å². The molecule has 0 fully saturated rings. The molecule has 0 aliphatic carbocycles. The van der Waals surface area contributed by atoms with Crippen LogP contribution in [0, 0.1) is 6.92 Å². The largest absolute Gasteiger partial charge is 0.123 e. The van der Waals surface area contributed by atoms with Gasteiger partial charge < -0.3 is 0 Å². The van der Waals surface area contributed by atoms with E-state index >= 15 is 0 Å². The summed E-state index contributed by atoms with van der Waals surface area (Å²) >= 11 is 12.6. The van der Waals surface area contributed by atoms with Crippen molar-refractivity contribution in [2.75, 3.05) is 0 Å². The summed E-state index contributed by atoms with van der Waals surface area (Å²) in [5.41, 5.74) is 3.85. The lowest BCUT2D eigenvalue weighted by molar-refractivity contribution is 0.741. The molecule has 2 heteroatoms. The number of aryl methyl sites for hydroxylation is 2. The van der Waals surface area contributed by atoms with Crippen LogP contribution in [0.2, 0.25) is 5.02 Å². The maximum Gasteiger partial charge on any atom is 0.0438 e. The maximum absolute atomic E-state index is 6.43. The lowest BCUT2D eigenvalue weighted by atomic mass is 10.0. The van der Waals surface area contributed by atoms with E-state index in [2.05, 4.69) is 31.2 Å². The molecule has 0 heterocycles. The third-order valence-corrected chi connectivity index (χ3v) is 4.13. The van der Waals surface area contributed by atoms with E-state index in [1.165, 1.54) is 11.1 Å². The van der Waals surface area contributed by atoms with E-state index in [0.29, 0.717) is 0 Å². The van der Waals surface area contributed by atoms with Crippen LogP contribution in [0.25, 0.3) is 0 Å². The van der Waals surface area contributed by atoms with Crippen LogP contribution in [0.15, 0.2) is 48.5 Å². The fourth-order valence-electron chi connectivity index (χ4n) is 2.21. The van der Waals surface area contributed by atoms with Crippen molar-refractivity contribution in [1.82, 2.24) is 0 Å². The minimum absolute atomic E-state index is 0.125. The molecule has 1 unspecified atom stereocenters. The number of hydrogen-bond acceptors (Lipinski definition) is 0. The number of benzene rings is 2. The molecule has 0 amide bonds. The summed E-state index contributed by atoms with van der Waals surface area (Å²) < 4.78 is 0. The van der Waals surface area contributed by atoms with Crippen molar-refractivity contribution in [3.63, 3.8) is 0 Å². The van der Waals surface area contributed by atoms with Crippen molar-refractivity contribution in [2.45, 2.75) is 31.6 Å². The monoisotopic (exact) mass is 292 g/mol. The Morgan fingerprint density at radius 3 is 2.26 bits per heavy atom. The van der Waals surface area contributed by atoms with Gasteiger partial charge in [0.25, 0.3) is 0 Å². The van der Waals surface area contributed by atoms with Crippen molar-refractivity contribution < 1.29 is 0 Å². The standard InChI is InChI=1S/C17H18Cl2/c1-13-6-2-3-7-14(13)10-11-16(18)12-15-8-4-5-9-17(15)19/h2-9,16H,10-12H2,1H3. The first-order valence-corrected chi connectivity index (χ1v) is 7.40. The molecular formula is C17H18Cl2. The van der Waals surface area contributed by atoms with Crippen LogP contribution in [-0.2, 0) is 12.8 Å². The van der Waals surface area contributed by atoms with Crippen molar-refractivity contribution in [3.05, 3.63) is 70.2 Å². The quantitative estimate of drug-likeness (QED) is 0.645. The van der Waals surface area contributed by atoms with Gasteiger partial charge in [0, 0.05) is 10.4 Å². The van der Waals surface area contributed by atoms with Crippen LogP contribution >= 0.6 is 23.2 Å². The molecule has 0 aliphatic heterocycles. The second-order valence-electron chi connectivity index (χ2n) is 4.86. The first-order valence-electron chi connectivity index (χ1n) is 6.59. The fraction of sp³-hybridized carbons (Fsp3) is 0.294. The van der Waals surface area contributed by atoms with Crippen molar-refractivity contribution >= 4 is 23.2 Å². The predicted molar refractivity (Wildman–Crippen MR) is 84.3 cm³/mol. The van der Waals surface area contributed by atoms with Gasteiger partial charge in [0.15, 0.2) is 0 Å². The first-order chi connectivity index (χ1) is 9.16. The Morgan fingerprint density at radius 2 is 1.58 bits per heavy atom. The van der Waals surface area contributed by atoms with Crippen LogP contribution in [0.5, 0.6) is 0 Å². The molecule has 0 aliphatic rings. The highest BCUT2D eigenvalue weighted by Crippen LogP contribution is 2.21. The third kappa shape index (κ3) is 4.26. The molecule has 0 aromatic heterocycles. The van der Waals surface area contributed by atoms with Gasteiger partial charge in [-0.3, -0.25) is 0 Å². The molecule has 0 nitrogen and oxygen atoms in total. The summed E-state index contributed by atoms with van der Waals surface area (Å²) in [5.74, 6) is 0. The Morgan fingerprint density at radius 1 is 0.947 bits per heavy atom. The fourth-order valence-corrected chi connectivity index (χ4v) is 2.70. The van der Waals surface area contributed by atoms with Gasteiger partial charge >= 0.3 is 0 Å². The lowest BCUT2D eigenvalue weighted by Crippen LogP contribution is -2.06. The van der Waals surface area contributed by atoms with E-state index in [0.717, 1.165) is 29.8 Å². The molecule has 0 bridgehead atoms. The van der Waals surface area contributed by atoms with E-state index in [4.69, 9.17) is 23.2 Å². The summed E-state index contributed by atoms with van der Waals surface area (Å²) in [5, 5.41) is 0.934. The van der Waals surface area contributed by atoms with E-state index in [9.17, 15) is 0 Å². The average molecular weight is 293 g/mol. The Hall–Kier alpha value is -0.980. The molecule has 0 spiro atoms. The van der Waals surface area contributed by atoms with Crippen molar-refractivity contribution in [2.24, 2.45) is 0 Å². The second-order valence-corrected chi connectivity index (χ2v) is 5.88. The predicted octanol–water partition coefficient (Wildman–Crippen LogP) is 5.43. The Kier molecular flexibility index (Phi) is 5.30. The van der Waals surface area contributed by atoms with Gasteiger partial charge in [0.05, 0.1) is 0 Å². The molecule has 0 N–H and O–H groups in total. The second kappa shape index (κ2) is 6.98. The Labute approximate surface area is 125 Å². The highest BCUT2D eigenvalue weighted by atomic mass is 35.5. The summed E-state index contributed by atoms with van der Waals surface area (Å²) in [6.07, 6.45) is 2.82. The molecule has 0 radical (unpaired) electrons. The number of hydrogen-bond donors (Lipinski definition) is 0.